The topological polar surface area (TPSA) is 46.5 Å². The van der Waals surface area contributed by atoms with Gasteiger partial charge in [-0.15, -0.1) is 0 Å². The SMILES string of the molecule is C=C(F)C(=O)OCC(C)(C)CO. The molecule has 1 N–H and O–H groups in total. The summed E-state index contributed by atoms with van der Waals surface area (Å²) in [6.07, 6.45) is 0. The van der Waals surface area contributed by atoms with Gasteiger partial charge in [-0.3, -0.25) is 0 Å². The number of aliphatic hydroxyl groups is 1. The van der Waals surface area contributed by atoms with E-state index in [4.69, 9.17) is 5.11 Å². The summed E-state index contributed by atoms with van der Waals surface area (Å²) in [5.74, 6) is -2.19. The van der Waals surface area contributed by atoms with Crippen LogP contribution >= 0.6 is 0 Å². The fraction of sp³-hybridized carbons (Fsp3) is 0.625. The lowest BCUT2D eigenvalue weighted by Crippen LogP contribution is -2.25. The molecule has 3 nitrogen and oxygen atoms in total. The Morgan fingerprint density at radius 3 is 2.50 bits per heavy atom. The fourth-order valence-electron chi connectivity index (χ4n) is 0.385. The number of halogens is 1. The van der Waals surface area contributed by atoms with Crippen LogP contribution in [0.2, 0.25) is 0 Å². The number of ether oxygens (including phenoxy) is 1. The zero-order chi connectivity index (χ0) is 9.78. The second-order valence-electron chi connectivity index (χ2n) is 3.30. The van der Waals surface area contributed by atoms with Crippen molar-refractivity contribution in [1.29, 1.82) is 0 Å². The summed E-state index contributed by atoms with van der Waals surface area (Å²) >= 11 is 0. The van der Waals surface area contributed by atoms with Crippen molar-refractivity contribution >= 4 is 5.97 Å². The maximum absolute atomic E-state index is 12.0. The number of rotatable bonds is 4. The van der Waals surface area contributed by atoms with Gasteiger partial charge in [0.15, 0.2) is 0 Å². The molecule has 0 aromatic rings. The van der Waals surface area contributed by atoms with Gasteiger partial charge in [-0.25, -0.2) is 4.79 Å². The Kier molecular flexibility index (Phi) is 3.89. The summed E-state index contributed by atoms with van der Waals surface area (Å²) in [7, 11) is 0. The van der Waals surface area contributed by atoms with Crippen molar-refractivity contribution in [2.45, 2.75) is 13.8 Å². The van der Waals surface area contributed by atoms with E-state index in [1.54, 1.807) is 13.8 Å². The second kappa shape index (κ2) is 4.21. The molecular formula is C8H13FO3. The molecule has 12 heavy (non-hydrogen) atoms. The molecule has 0 aliphatic heterocycles. The van der Waals surface area contributed by atoms with Crippen LogP contribution < -0.4 is 0 Å². The summed E-state index contributed by atoms with van der Waals surface area (Å²) < 4.78 is 16.5. The van der Waals surface area contributed by atoms with E-state index in [-0.39, 0.29) is 13.2 Å². The molecule has 0 heterocycles. The third-order valence-electron chi connectivity index (χ3n) is 1.24. The van der Waals surface area contributed by atoms with Gasteiger partial charge in [-0.05, 0) is 0 Å². The van der Waals surface area contributed by atoms with E-state index in [2.05, 4.69) is 11.3 Å². The third kappa shape index (κ3) is 4.08. The van der Waals surface area contributed by atoms with Gasteiger partial charge < -0.3 is 9.84 Å². The van der Waals surface area contributed by atoms with E-state index < -0.39 is 17.2 Å². The van der Waals surface area contributed by atoms with Gasteiger partial charge in [-0.1, -0.05) is 20.4 Å². The summed E-state index contributed by atoms with van der Waals surface area (Å²) in [5, 5.41) is 8.74. The van der Waals surface area contributed by atoms with E-state index in [1.165, 1.54) is 0 Å². The Morgan fingerprint density at radius 2 is 2.17 bits per heavy atom. The molecule has 0 saturated carbocycles. The minimum Gasteiger partial charge on any atom is -0.460 e. The van der Waals surface area contributed by atoms with Crippen LogP contribution in [-0.2, 0) is 9.53 Å². The molecule has 0 amide bonds. The van der Waals surface area contributed by atoms with E-state index >= 15 is 0 Å². The van der Waals surface area contributed by atoms with Crippen molar-refractivity contribution in [3.8, 4) is 0 Å². The number of hydrogen-bond acceptors (Lipinski definition) is 3. The third-order valence-corrected chi connectivity index (χ3v) is 1.24. The normalized spacial score (nSPS) is 11.0. The molecule has 0 bridgehead atoms. The van der Waals surface area contributed by atoms with Crippen LogP contribution in [0.25, 0.3) is 0 Å². The Labute approximate surface area is 70.8 Å². The Balaban J connectivity index is 3.83. The van der Waals surface area contributed by atoms with Crippen LogP contribution in [0.1, 0.15) is 13.8 Å². The molecule has 0 radical (unpaired) electrons. The first-order valence-corrected chi connectivity index (χ1v) is 3.51. The first kappa shape index (κ1) is 11.1. The number of carbonyl (C=O) groups excluding carboxylic acids is 1. The van der Waals surface area contributed by atoms with Crippen molar-refractivity contribution in [1.82, 2.24) is 0 Å². The number of carbonyl (C=O) groups is 1. The van der Waals surface area contributed by atoms with Gasteiger partial charge >= 0.3 is 5.97 Å². The molecule has 0 aliphatic rings. The molecule has 70 valence electrons. The van der Waals surface area contributed by atoms with E-state index in [0.717, 1.165) is 0 Å². The van der Waals surface area contributed by atoms with Crippen molar-refractivity contribution in [2.75, 3.05) is 13.2 Å². The molecule has 0 spiro atoms. The quantitative estimate of drug-likeness (QED) is 0.514. The highest BCUT2D eigenvalue weighted by Gasteiger charge is 2.19. The average Bonchev–Trinajstić information content (AvgIpc) is 2.00. The molecule has 0 atom stereocenters. The predicted molar refractivity (Wildman–Crippen MR) is 42.1 cm³/mol. The smallest absolute Gasteiger partial charge is 0.366 e. The van der Waals surface area contributed by atoms with E-state index in [0.29, 0.717) is 0 Å². The van der Waals surface area contributed by atoms with Crippen LogP contribution in [0.5, 0.6) is 0 Å². The van der Waals surface area contributed by atoms with Crippen LogP contribution in [0.15, 0.2) is 12.4 Å². The molecular weight excluding hydrogens is 163 g/mol. The fourth-order valence-corrected chi connectivity index (χ4v) is 0.385. The Morgan fingerprint density at radius 1 is 1.67 bits per heavy atom. The maximum atomic E-state index is 12.0. The van der Waals surface area contributed by atoms with Gasteiger partial charge in [0.1, 0.15) is 0 Å². The van der Waals surface area contributed by atoms with Gasteiger partial charge in [0.25, 0.3) is 0 Å². The highest BCUT2D eigenvalue weighted by atomic mass is 19.1. The van der Waals surface area contributed by atoms with Crippen LogP contribution in [0.4, 0.5) is 4.39 Å². The predicted octanol–water partition coefficient (Wildman–Crippen LogP) is 1.03. The van der Waals surface area contributed by atoms with Crippen molar-refractivity contribution < 1.29 is 19.0 Å². The average molecular weight is 176 g/mol. The first-order chi connectivity index (χ1) is 5.39. The van der Waals surface area contributed by atoms with E-state index in [9.17, 15) is 9.18 Å². The number of aliphatic hydroxyl groups excluding tert-OH is 1. The van der Waals surface area contributed by atoms with Crippen LogP contribution in [-0.4, -0.2) is 24.3 Å². The molecule has 0 aromatic carbocycles. The zero-order valence-electron chi connectivity index (χ0n) is 7.26. The molecule has 0 aromatic heterocycles. The molecule has 0 aliphatic carbocycles. The molecule has 0 fully saturated rings. The number of esters is 1. The molecule has 0 unspecified atom stereocenters. The molecule has 4 heteroatoms. The van der Waals surface area contributed by atoms with Gasteiger partial charge in [0, 0.05) is 5.41 Å². The highest BCUT2D eigenvalue weighted by molar-refractivity contribution is 5.85. The summed E-state index contributed by atoms with van der Waals surface area (Å²) in [6, 6.07) is 0. The largest absolute Gasteiger partial charge is 0.460 e. The second-order valence-corrected chi connectivity index (χ2v) is 3.30. The Hall–Kier alpha value is -0.900. The van der Waals surface area contributed by atoms with Crippen molar-refractivity contribution in [3.05, 3.63) is 12.4 Å². The number of hydrogen-bond donors (Lipinski definition) is 1. The van der Waals surface area contributed by atoms with E-state index in [1.807, 2.05) is 0 Å². The highest BCUT2D eigenvalue weighted by Crippen LogP contribution is 2.14. The minimum absolute atomic E-state index is 0.0225. The van der Waals surface area contributed by atoms with Gasteiger partial charge in [0.05, 0.1) is 13.2 Å². The first-order valence-electron chi connectivity index (χ1n) is 3.51. The lowest BCUT2D eigenvalue weighted by atomic mass is 9.97. The summed E-state index contributed by atoms with van der Waals surface area (Å²) in [6.45, 7) is 6.02. The summed E-state index contributed by atoms with van der Waals surface area (Å²) in [5.41, 5.74) is -0.537. The zero-order valence-corrected chi connectivity index (χ0v) is 7.26. The van der Waals surface area contributed by atoms with Crippen LogP contribution in [0, 0.1) is 5.41 Å². The van der Waals surface area contributed by atoms with Crippen molar-refractivity contribution in [3.63, 3.8) is 0 Å². The maximum Gasteiger partial charge on any atom is 0.366 e. The lowest BCUT2D eigenvalue weighted by Gasteiger charge is -2.20. The Bertz CT molecular complexity index is 187. The lowest BCUT2D eigenvalue weighted by molar-refractivity contribution is -0.144. The van der Waals surface area contributed by atoms with Crippen molar-refractivity contribution in [2.24, 2.45) is 5.41 Å². The minimum atomic E-state index is -1.12. The van der Waals surface area contributed by atoms with Gasteiger partial charge in [0.2, 0.25) is 5.83 Å². The van der Waals surface area contributed by atoms with Gasteiger partial charge in [-0.2, -0.15) is 4.39 Å². The molecule has 0 rings (SSSR count). The summed E-state index contributed by atoms with van der Waals surface area (Å²) in [4.78, 5) is 10.5. The monoisotopic (exact) mass is 176 g/mol. The standard InChI is InChI=1S/C8H13FO3/c1-6(9)7(11)12-5-8(2,3)4-10/h10H,1,4-5H2,2-3H3. The van der Waals surface area contributed by atoms with Crippen LogP contribution in [0.3, 0.4) is 0 Å². The molecule has 0 saturated heterocycles.